The molecule has 17 heavy (non-hydrogen) atoms. The molecule has 0 amide bonds. The summed E-state index contributed by atoms with van der Waals surface area (Å²) in [6.45, 7) is 6.28. The van der Waals surface area contributed by atoms with E-state index in [1.807, 2.05) is 11.8 Å². The van der Waals surface area contributed by atoms with Gasteiger partial charge < -0.3 is 10.1 Å². The molecule has 0 bridgehead atoms. The second kappa shape index (κ2) is 6.31. The molecule has 1 saturated heterocycles. The topological polar surface area (TPSA) is 21.3 Å². The minimum atomic E-state index is 0.429. The van der Waals surface area contributed by atoms with Crippen molar-refractivity contribution >= 4 is 17.4 Å². The molecule has 1 N–H and O–H groups in total. The van der Waals surface area contributed by atoms with Crippen molar-refractivity contribution in [3.05, 3.63) is 29.8 Å². The first-order valence-electron chi connectivity index (χ1n) is 6.30. The molecule has 94 valence electrons. The Bertz CT molecular complexity index is 356. The fourth-order valence-electron chi connectivity index (χ4n) is 2.10. The summed E-state index contributed by atoms with van der Waals surface area (Å²) < 4.78 is 5.56. The highest BCUT2D eigenvalue weighted by atomic mass is 32.2. The Balaban J connectivity index is 1.68. The standard InChI is InChI=1S/C14H21NOS/c1-11-5-3-4-6-13(11)15-8-10-17-14-7-9-16-12(14)2/h3-6,12,14-15H,7-10H2,1-2H3. The molecule has 1 aliphatic rings. The number of hydrogen-bond acceptors (Lipinski definition) is 3. The van der Waals surface area contributed by atoms with E-state index in [1.165, 1.54) is 17.7 Å². The van der Waals surface area contributed by atoms with Crippen molar-refractivity contribution in [2.75, 3.05) is 24.2 Å². The number of thioether (sulfide) groups is 1. The first-order valence-corrected chi connectivity index (χ1v) is 7.35. The third-order valence-electron chi connectivity index (χ3n) is 3.20. The summed E-state index contributed by atoms with van der Waals surface area (Å²) in [6, 6.07) is 8.44. The molecule has 2 unspecified atom stereocenters. The molecular weight excluding hydrogens is 230 g/mol. The van der Waals surface area contributed by atoms with Crippen molar-refractivity contribution < 1.29 is 4.74 Å². The van der Waals surface area contributed by atoms with E-state index in [9.17, 15) is 0 Å². The van der Waals surface area contributed by atoms with E-state index >= 15 is 0 Å². The summed E-state index contributed by atoms with van der Waals surface area (Å²) in [7, 11) is 0. The Morgan fingerprint density at radius 3 is 2.94 bits per heavy atom. The van der Waals surface area contributed by atoms with Crippen LogP contribution >= 0.6 is 11.8 Å². The van der Waals surface area contributed by atoms with Crippen molar-refractivity contribution in [1.82, 2.24) is 0 Å². The maximum absolute atomic E-state index is 5.56. The van der Waals surface area contributed by atoms with E-state index in [-0.39, 0.29) is 0 Å². The minimum absolute atomic E-state index is 0.429. The Kier molecular flexibility index (Phi) is 4.75. The molecule has 1 heterocycles. The average molecular weight is 251 g/mol. The van der Waals surface area contributed by atoms with Gasteiger partial charge in [-0.1, -0.05) is 18.2 Å². The largest absolute Gasteiger partial charge is 0.384 e. The van der Waals surface area contributed by atoms with Gasteiger partial charge in [-0.25, -0.2) is 0 Å². The summed E-state index contributed by atoms with van der Waals surface area (Å²) >= 11 is 2.03. The van der Waals surface area contributed by atoms with Gasteiger partial charge in [-0.3, -0.25) is 0 Å². The smallest absolute Gasteiger partial charge is 0.0666 e. The van der Waals surface area contributed by atoms with Crippen LogP contribution in [0.25, 0.3) is 0 Å². The predicted molar refractivity (Wildman–Crippen MR) is 75.9 cm³/mol. The van der Waals surface area contributed by atoms with Crippen LogP contribution in [0, 0.1) is 6.92 Å². The number of benzene rings is 1. The number of nitrogens with one attached hydrogen (secondary N) is 1. The highest BCUT2D eigenvalue weighted by Gasteiger charge is 2.23. The molecule has 2 rings (SSSR count). The molecular formula is C14H21NOS. The van der Waals surface area contributed by atoms with Gasteiger partial charge in [-0.05, 0) is 31.9 Å². The summed E-state index contributed by atoms with van der Waals surface area (Å²) in [6.07, 6.45) is 1.63. The molecule has 0 saturated carbocycles. The zero-order chi connectivity index (χ0) is 12.1. The summed E-state index contributed by atoms with van der Waals surface area (Å²) in [5.74, 6) is 1.15. The highest BCUT2D eigenvalue weighted by molar-refractivity contribution is 8.00. The van der Waals surface area contributed by atoms with Crippen LogP contribution in [0.3, 0.4) is 0 Å². The molecule has 0 spiro atoms. The number of hydrogen-bond donors (Lipinski definition) is 1. The van der Waals surface area contributed by atoms with Crippen LogP contribution in [-0.2, 0) is 4.74 Å². The molecule has 2 nitrogen and oxygen atoms in total. The Hall–Kier alpha value is -0.670. The molecule has 2 atom stereocenters. The fourth-order valence-corrected chi connectivity index (χ4v) is 3.23. The van der Waals surface area contributed by atoms with E-state index < -0.39 is 0 Å². The molecule has 0 aromatic heterocycles. The first kappa shape index (κ1) is 12.8. The fraction of sp³-hybridized carbons (Fsp3) is 0.571. The van der Waals surface area contributed by atoms with Gasteiger partial charge in [0, 0.05) is 29.8 Å². The lowest BCUT2D eigenvalue weighted by atomic mass is 10.2. The molecule has 1 fully saturated rings. The van der Waals surface area contributed by atoms with E-state index in [0.29, 0.717) is 11.4 Å². The number of anilines is 1. The Morgan fingerprint density at radius 1 is 1.41 bits per heavy atom. The lowest BCUT2D eigenvalue weighted by molar-refractivity contribution is 0.127. The first-order chi connectivity index (χ1) is 8.27. The zero-order valence-electron chi connectivity index (χ0n) is 10.6. The van der Waals surface area contributed by atoms with Gasteiger partial charge >= 0.3 is 0 Å². The third-order valence-corrected chi connectivity index (χ3v) is 4.69. The second-order valence-corrected chi connectivity index (χ2v) is 5.86. The summed E-state index contributed by atoms with van der Waals surface area (Å²) in [4.78, 5) is 0. The van der Waals surface area contributed by atoms with Crippen molar-refractivity contribution in [3.8, 4) is 0 Å². The molecule has 1 aromatic carbocycles. The van der Waals surface area contributed by atoms with Crippen LogP contribution in [0.15, 0.2) is 24.3 Å². The van der Waals surface area contributed by atoms with E-state index in [0.717, 1.165) is 18.9 Å². The minimum Gasteiger partial charge on any atom is -0.384 e. The number of para-hydroxylation sites is 1. The quantitative estimate of drug-likeness (QED) is 0.811. The van der Waals surface area contributed by atoms with E-state index in [1.54, 1.807) is 0 Å². The number of ether oxygens (including phenoxy) is 1. The Morgan fingerprint density at radius 2 is 2.24 bits per heavy atom. The lowest BCUT2D eigenvalue weighted by Gasteiger charge is -2.14. The summed E-state index contributed by atoms with van der Waals surface area (Å²) in [5.41, 5.74) is 2.57. The van der Waals surface area contributed by atoms with Crippen molar-refractivity contribution in [1.29, 1.82) is 0 Å². The van der Waals surface area contributed by atoms with Crippen LogP contribution in [0.2, 0.25) is 0 Å². The van der Waals surface area contributed by atoms with Crippen LogP contribution in [-0.4, -0.2) is 30.3 Å². The van der Waals surface area contributed by atoms with Gasteiger partial charge in [0.1, 0.15) is 0 Å². The van der Waals surface area contributed by atoms with Crippen LogP contribution < -0.4 is 5.32 Å². The van der Waals surface area contributed by atoms with E-state index in [2.05, 4.69) is 43.4 Å². The molecule has 0 radical (unpaired) electrons. The van der Waals surface area contributed by atoms with Gasteiger partial charge in [0.25, 0.3) is 0 Å². The summed E-state index contributed by atoms with van der Waals surface area (Å²) in [5, 5.41) is 4.18. The van der Waals surface area contributed by atoms with Crippen LogP contribution in [0.5, 0.6) is 0 Å². The second-order valence-electron chi connectivity index (χ2n) is 4.52. The van der Waals surface area contributed by atoms with Gasteiger partial charge in [0.15, 0.2) is 0 Å². The maximum atomic E-state index is 5.56. The third kappa shape index (κ3) is 3.65. The van der Waals surface area contributed by atoms with Gasteiger partial charge in [-0.15, -0.1) is 0 Å². The highest BCUT2D eigenvalue weighted by Crippen LogP contribution is 2.26. The monoisotopic (exact) mass is 251 g/mol. The maximum Gasteiger partial charge on any atom is 0.0666 e. The Labute approximate surface area is 108 Å². The molecule has 0 aliphatic carbocycles. The SMILES string of the molecule is Cc1ccccc1NCCSC1CCOC1C. The van der Waals surface area contributed by atoms with Gasteiger partial charge in [-0.2, -0.15) is 11.8 Å². The zero-order valence-corrected chi connectivity index (χ0v) is 11.4. The van der Waals surface area contributed by atoms with Crippen molar-refractivity contribution in [2.45, 2.75) is 31.6 Å². The van der Waals surface area contributed by atoms with Crippen LogP contribution in [0.1, 0.15) is 18.9 Å². The normalized spacial score (nSPS) is 23.9. The number of aryl methyl sites for hydroxylation is 1. The van der Waals surface area contributed by atoms with Crippen molar-refractivity contribution in [2.24, 2.45) is 0 Å². The lowest BCUT2D eigenvalue weighted by Crippen LogP contribution is -2.16. The van der Waals surface area contributed by atoms with Gasteiger partial charge in [0.05, 0.1) is 6.10 Å². The average Bonchev–Trinajstić information content (AvgIpc) is 2.73. The number of rotatable bonds is 5. The van der Waals surface area contributed by atoms with Crippen molar-refractivity contribution in [3.63, 3.8) is 0 Å². The molecule has 1 aliphatic heterocycles. The van der Waals surface area contributed by atoms with Crippen LogP contribution in [0.4, 0.5) is 5.69 Å². The molecule has 3 heteroatoms. The molecule has 1 aromatic rings. The predicted octanol–water partition coefficient (Wildman–Crippen LogP) is 3.32. The van der Waals surface area contributed by atoms with E-state index in [4.69, 9.17) is 4.74 Å². The van der Waals surface area contributed by atoms with Gasteiger partial charge in [0.2, 0.25) is 0 Å².